The van der Waals surface area contributed by atoms with Gasteiger partial charge >= 0.3 is 0 Å². The third-order valence-corrected chi connectivity index (χ3v) is 4.68. The lowest BCUT2D eigenvalue weighted by Crippen LogP contribution is -2.60. The minimum atomic E-state index is -0.482. The number of nitrogens with one attached hydrogen (secondary N) is 2. The van der Waals surface area contributed by atoms with Crippen molar-refractivity contribution >= 4 is 17.5 Å². The van der Waals surface area contributed by atoms with Crippen LogP contribution in [0.1, 0.15) is 12.0 Å². The summed E-state index contributed by atoms with van der Waals surface area (Å²) in [4.78, 5) is 26.5. The number of carbonyl (C=O) groups is 2. The molecule has 7 heteroatoms. The maximum absolute atomic E-state index is 12.7. The van der Waals surface area contributed by atoms with Crippen LogP contribution in [0.2, 0.25) is 0 Å². The number of hydrogen-bond donors (Lipinski definition) is 2. The highest BCUT2D eigenvalue weighted by Gasteiger charge is 2.44. The van der Waals surface area contributed by atoms with Gasteiger partial charge in [-0.2, -0.15) is 5.10 Å². The zero-order chi connectivity index (χ0) is 16.6. The average molecular weight is 326 g/mol. The molecule has 2 saturated heterocycles. The lowest BCUT2D eigenvalue weighted by Gasteiger charge is -2.43. The summed E-state index contributed by atoms with van der Waals surface area (Å²) in [6.45, 7) is 1.28. The fourth-order valence-electron chi connectivity index (χ4n) is 3.24. The Morgan fingerprint density at radius 1 is 1.33 bits per heavy atom. The molecule has 24 heavy (non-hydrogen) atoms. The number of nitrogens with zero attached hydrogens (tertiary/aromatic N) is 2. The van der Waals surface area contributed by atoms with Crippen LogP contribution in [0.15, 0.2) is 42.7 Å². The van der Waals surface area contributed by atoms with Crippen LogP contribution in [0.4, 0.5) is 5.69 Å². The van der Waals surface area contributed by atoms with Crippen LogP contribution in [-0.4, -0.2) is 41.8 Å². The molecule has 7 nitrogen and oxygen atoms in total. The van der Waals surface area contributed by atoms with E-state index in [1.165, 1.54) is 0 Å². The highest BCUT2D eigenvalue weighted by Crippen LogP contribution is 2.31. The number of carbonyl (C=O) groups excluding carboxylic acids is 2. The number of aromatic nitrogens is 2. The number of anilines is 1. The van der Waals surface area contributed by atoms with E-state index in [2.05, 4.69) is 15.5 Å². The number of rotatable bonds is 4. The van der Waals surface area contributed by atoms with Crippen molar-refractivity contribution in [2.75, 3.05) is 24.7 Å². The second-order valence-corrected chi connectivity index (χ2v) is 6.29. The molecule has 2 aromatic rings. The van der Waals surface area contributed by atoms with Crippen molar-refractivity contribution in [1.29, 1.82) is 0 Å². The summed E-state index contributed by atoms with van der Waals surface area (Å²) >= 11 is 0. The molecule has 2 fully saturated rings. The first-order valence-corrected chi connectivity index (χ1v) is 7.92. The molecular formula is C17H18N4O3. The van der Waals surface area contributed by atoms with E-state index < -0.39 is 5.54 Å². The zero-order valence-corrected chi connectivity index (χ0v) is 13.1. The van der Waals surface area contributed by atoms with Gasteiger partial charge in [-0.15, -0.1) is 0 Å². The topological polar surface area (TPSA) is 87.3 Å². The van der Waals surface area contributed by atoms with Crippen LogP contribution in [-0.2, 0) is 19.9 Å². The molecule has 124 valence electrons. The smallest absolute Gasteiger partial charge is 0.227 e. The van der Waals surface area contributed by atoms with Crippen LogP contribution in [0, 0.1) is 5.92 Å². The predicted molar refractivity (Wildman–Crippen MR) is 86.1 cm³/mol. The Kier molecular flexibility index (Phi) is 3.57. The summed E-state index contributed by atoms with van der Waals surface area (Å²) in [5.74, 6) is -0.537. The molecule has 0 radical (unpaired) electrons. The van der Waals surface area contributed by atoms with Gasteiger partial charge in [0.1, 0.15) is 5.54 Å². The van der Waals surface area contributed by atoms with Crippen LogP contribution in [0.25, 0.3) is 0 Å². The van der Waals surface area contributed by atoms with E-state index in [0.717, 1.165) is 5.56 Å². The molecule has 2 aliphatic heterocycles. The normalized spacial score (nSPS) is 22.2. The summed E-state index contributed by atoms with van der Waals surface area (Å²) in [7, 11) is 0. The third kappa shape index (κ3) is 2.46. The molecule has 4 rings (SSSR count). The van der Waals surface area contributed by atoms with Gasteiger partial charge in [0.15, 0.2) is 0 Å². The second-order valence-electron chi connectivity index (χ2n) is 6.29. The monoisotopic (exact) mass is 326 g/mol. The Bertz CT molecular complexity index is 740. The second kappa shape index (κ2) is 5.76. The Morgan fingerprint density at radius 3 is 2.75 bits per heavy atom. The largest absolute Gasteiger partial charge is 0.376 e. The third-order valence-electron chi connectivity index (χ3n) is 4.68. The number of amides is 2. The zero-order valence-electron chi connectivity index (χ0n) is 13.1. The van der Waals surface area contributed by atoms with Gasteiger partial charge in [0.2, 0.25) is 11.8 Å². The van der Waals surface area contributed by atoms with Gasteiger partial charge in [0.05, 0.1) is 31.0 Å². The van der Waals surface area contributed by atoms with Crippen LogP contribution in [0.3, 0.4) is 0 Å². The number of aromatic amines is 1. The molecule has 1 unspecified atom stereocenters. The van der Waals surface area contributed by atoms with Crippen molar-refractivity contribution in [2.24, 2.45) is 5.92 Å². The molecule has 1 aromatic heterocycles. The van der Waals surface area contributed by atoms with E-state index in [0.29, 0.717) is 25.4 Å². The Morgan fingerprint density at radius 2 is 2.12 bits per heavy atom. The van der Waals surface area contributed by atoms with Gasteiger partial charge in [0.25, 0.3) is 0 Å². The number of hydrogen-bond acceptors (Lipinski definition) is 4. The fourth-order valence-corrected chi connectivity index (χ4v) is 3.24. The average Bonchev–Trinajstić information content (AvgIpc) is 3.20. The highest BCUT2D eigenvalue weighted by molar-refractivity contribution is 6.00. The van der Waals surface area contributed by atoms with E-state index in [1.807, 2.05) is 30.3 Å². The minimum Gasteiger partial charge on any atom is -0.376 e. The Labute approximate surface area is 139 Å². The van der Waals surface area contributed by atoms with Crippen LogP contribution >= 0.6 is 0 Å². The van der Waals surface area contributed by atoms with Crippen molar-refractivity contribution in [3.63, 3.8) is 0 Å². The van der Waals surface area contributed by atoms with Gasteiger partial charge in [-0.05, 0) is 5.56 Å². The lowest BCUT2D eigenvalue weighted by atomic mass is 9.87. The molecule has 1 atom stereocenters. The summed E-state index contributed by atoms with van der Waals surface area (Å²) in [5, 5.41) is 9.65. The molecule has 0 aliphatic carbocycles. The summed E-state index contributed by atoms with van der Waals surface area (Å²) < 4.78 is 5.35. The van der Waals surface area contributed by atoms with Crippen molar-refractivity contribution in [1.82, 2.24) is 15.5 Å². The summed E-state index contributed by atoms with van der Waals surface area (Å²) in [6.07, 6.45) is 3.45. The molecule has 3 heterocycles. The van der Waals surface area contributed by atoms with Gasteiger partial charge in [-0.25, -0.2) is 0 Å². The maximum atomic E-state index is 12.7. The molecular weight excluding hydrogens is 308 g/mol. The van der Waals surface area contributed by atoms with Gasteiger partial charge in [-0.1, -0.05) is 30.3 Å². The highest BCUT2D eigenvalue weighted by atomic mass is 16.5. The molecule has 0 spiro atoms. The summed E-state index contributed by atoms with van der Waals surface area (Å²) in [5.41, 5.74) is 1.24. The van der Waals surface area contributed by atoms with Gasteiger partial charge < -0.3 is 15.0 Å². The molecule has 0 bridgehead atoms. The first-order valence-electron chi connectivity index (χ1n) is 7.92. The molecule has 0 saturated carbocycles. The van der Waals surface area contributed by atoms with Crippen LogP contribution in [0.5, 0.6) is 0 Å². The minimum absolute atomic E-state index is 0.0600. The Hall–Kier alpha value is -2.67. The van der Waals surface area contributed by atoms with E-state index in [4.69, 9.17) is 4.74 Å². The first-order chi connectivity index (χ1) is 11.7. The van der Waals surface area contributed by atoms with E-state index >= 15 is 0 Å². The van der Waals surface area contributed by atoms with Crippen molar-refractivity contribution in [2.45, 2.75) is 12.0 Å². The molecule has 2 aliphatic rings. The number of H-pyrrole nitrogens is 1. The number of benzene rings is 1. The number of ether oxygens (including phenoxy) is 1. The molecule has 1 aromatic carbocycles. The fraction of sp³-hybridized carbons (Fsp3) is 0.353. The summed E-state index contributed by atoms with van der Waals surface area (Å²) in [6, 6.07) is 9.81. The van der Waals surface area contributed by atoms with Crippen molar-refractivity contribution < 1.29 is 14.3 Å². The maximum Gasteiger partial charge on any atom is 0.227 e. The molecule has 2 N–H and O–H groups in total. The van der Waals surface area contributed by atoms with E-state index in [1.54, 1.807) is 17.3 Å². The molecule has 2 amide bonds. The van der Waals surface area contributed by atoms with Crippen molar-refractivity contribution in [3.8, 4) is 0 Å². The van der Waals surface area contributed by atoms with E-state index in [9.17, 15) is 9.59 Å². The van der Waals surface area contributed by atoms with Crippen molar-refractivity contribution in [3.05, 3.63) is 48.3 Å². The quantitative estimate of drug-likeness (QED) is 0.870. The lowest BCUT2D eigenvalue weighted by molar-refractivity contribution is -0.137. The predicted octanol–water partition coefficient (Wildman–Crippen LogP) is 0.804. The van der Waals surface area contributed by atoms with Crippen LogP contribution < -0.4 is 10.2 Å². The first kappa shape index (κ1) is 14.9. The van der Waals surface area contributed by atoms with Gasteiger partial charge in [-0.3, -0.25) is 14.7 Å². The Balaban J connectivity index is 1.48. The standard InChI is InChI=1S/C17H18N4O3/c22-15-6-12(9-21(15)14-7-18-19-8-14)16(23)20-17(10-24-11-17)13-4-2-1-3-5-13/h1-5,7-8,12H,6,9-11H2,(H,18,19)(H,20,23). The van der Waals surface area contributed by atoms with E-state index in [-0.39, 0.29) is 24.2 Å². The SMILES string of the molecule is O=C(NC1(c2ccccc2)COC1)C1CC(=O)N(c2cn[nH]c2)C1. The van der Waals surface area contributed by atoms with Gasteiger partial charge in [0, 0.05) is 19.2 Å².